The Morgan fingerprint density at radius 1 is 0.741 bits per heavy atom. The third-order valence-corrected chi connectivity index (χ3v) is 5.48. The molecule has 0 radical (unpaired) electrons. The van der Waals surface area contributed by atoms with Crippen molar-refractivity contribution in [1.82, 2.24) is 4.90 Å². The molecule has 0 heterocycles. The fraction of sp³-hybridized carbons (Fsp3) is 0.905. The van der Waals surface area contributed by atoms with Gasteiger partial charge in [0.25, 0.3) is 10.1 Å². The van der Waals surface area contributed by atoms with Crippen molar-refractivity contribution >= 4 is 61.5 Å². The Kier molecular flexibility index (Phi) is 24.7. The molecule has 27 heavy (non-hydrogen) atoms. The first kappa shape index (κ1) is 30.4. The van der Waals surface area contributed by atoms with E-state index in [2.05, 4.69) is 19.1 Å². The van der Waals surface area contributed by atoms with Gasteiger partial charge in [-0.3, -0.25) is 4.55 Å². The molecule has 0 rings (SSSR count). The van der Waals surface area contributed by atoms with Crippen LogP contribution in [-0.4, -0.2) is 95.1 Å². The third kappa shape index (κ3) is 27.2. The van der Waals surface area contributed by atoms with Gasteiger partial charge in [-0.15, -0.1) is 0 Å². The molecule has 0 aromatic rings. The Labute approximate surface area is 212 Å². The molecule has 0 unspecified atom stereocenters. The second-order valence-corrected chi connectivity index (χ2v) is 9.10. The van der Waals surface area contributed by atoms with Gasteiger partial charge in [0.1, 0.15) is 0 Å². The fourth-order valence-electron chi connectivity index (χ4n) is 3.01. The summed E-state index contributed by atoms with van der Waals surface area (Å²) >= 11 is 0. The van der Waals surface area contributed by atoms with E-state index in [0.29, 0.717) is 6.54 Å². The third-order valence-electron chi connectivity index (χ3n) is 4.78. The number of hydrogen-bond donors (Lipinski definition) is 1. The molecule has 1 N–H and O–H groups in total. The molecule has 0 saturated heterocycles. The first-order chi connectivity index (χ1) is 12.5. The van der Waals surface area contributed by atoms with Crippen LogP contribution < -0.4 is 0 Å². The van der Waals surface area contributed by atoms with Gasteiger partial charge < -0.3 is 4.90 Å². The summed E-state index contributed by atoms with van der Waals surface area (Å²) < 4.78 is 30.1. The van der Waals surface area contributed by atoms with Gasteiger partial charge in [0, 0.05) is 6.54 Å². The quantitative estimate of drug-likeness (QED) is 0.133. The zero-order chi connectivity index (χ0) is 19.5. The molecular weight excluding hydrogens is 385 g/mol. The molecule has 0 atom stereocenters. The summed E-state index contributed by atoms with van der Waals surface area (Å²) in [6.45, 7) is 3.57. The van der Waals surface area contributed by atoms with Crippen molar-refractivity contribution in [3.8, 4) is 0 Å². The van der Waals surface area contributed by atoms with E-state index in [9.17, 15) is 8.42 Å². The van der Waals surface area contributed by atoms with Crippen LogP contribution in [0.15, 0.2) is 12.2 Å². The van der Waals surface area contributed by atoms with E-state index in [1.807, 2.05) is 11.9 Å². The summed E-state index contributed by atoms with van der Waals surface area (Å²) in [7, 11) is -1.92. The normalized spacial score (nSPS) is 12.0. The van der Waals surface area contributed by atoms with Crippen molar-refractivity contribution in [2.24, 2.45) is 0 Å². The van der Waals surface area contributed by atoms with Crippen LogP contribution in [0.1, 0.15) is 96.8 Å². The molecule has 0 spiro atoms. The summed E-state index contributed by atoms with van der Waals surface area (Å²) in [5.41, 5.74) is 0. The Morgan fingerprint density at radius 3 is 1.67 bits per heavy atom. The van der Waals surface area contributed by atoms with Crippen molar-refractivity contribution in [3.05, 3.63) is 12.2 Å². The van der Waals surface area contributed by atoms with Gasteiger partial charge >= 0.3 is 51.4 Å². The molecule has 0 saturated carbocycles. The molecular formula is C21H44KNO3S. The van der Waals surface area contributed by atoms with Crippen molar-refractivity contribution in [1.29, 1.82) is 0 Å². The summed E-state index contributed by atoms with van der Waals surface area (Å²) in [6, 6.07) is 0. The number of rotatable bonds is 19. The Bertz CT molecular complexity index is 427. The number of unbranched alkanes of at least 4 members (excludes halogenated alkanes) is 12. The first-order valence-electron chi connectivity index (χ1n) is 10.7. The SMILES string of the molecule is CCCCCCCC/C=C\CCCCCCCCN(C)CCS(=O)(=O)O.[KH]. The van der Waals surface area contributed by atoms with E-state index in [1.165, 1.54) is 83.5 Å². The molecule has 0 bridgehead atoms. The van der Waals surface area contributed by atoms with Crippen LogP contribution >= 0.6 is 0 Å². The number of hydrogen-bond acceptors (Lipinski definition) is 3. The van der Waals surface area contributed by atoms with Crippen LogP contribution in [0.3, 0.4) is 0 Å². The fourth-order valence-corrected chi connectivity index (χ4v) is 3.55. The molecule has 0 fully saturated rings. The summed E-state index contributed by atoms with van der Waals surface area (Å²) in [5, 5.41) is 0. The van der Waals surface area contributed by atoms with Crippen molar-refractivity contribution < 1.29 is 13.0 Å². The maximum atomic E-state index is 10.7. The summed E-state index contributed by atoms with van der Waals surface area (Å²) in [5.74, 6) is -0.171. The Hall–Kier alpha value is 1.25. The van der Waals surface area contributed by atoms with E-state index in [1.54, 1.807) is 0 Å². The minimum atomic E-state index is -3.83. The second-order valence-electron chi connectivity index (χ2n) is 7.53. The second kappa shape index (κ2) is 21.9. The van der Waals surface area contributed by atoms with Gasteiger partial charge in [-0.1, -0.05) is 76.9 Å². The number of allylic oxidation sites excluding steroid dienone is 2. The predicted octanol–water partition coefficient (Wildman–Crippen LogP) is 5.20. The topological polar surface area (TPSA) is 57.6 Å². The van der Waals surface area contributed by atoms with Crippen molar-refractivity contribution in [2.75, 3.05) is 25.9 Å². The zero-order valence-corrected chi connectivity index (χ0v) is 18.1. The molecule has 0 aromatic heterocycles. The van der Waals surface area contributed by atoms with Gasteiger partial charge in [0.05, 0.1) is 5.75 Å². The Balaban J connectivity index is 0. The molecule has 0 aliphatic carbocycles. The molecule has 0 aromatic carbocycles. The maximum absolute atomic E-state index is 10.7. The van der Waals surface area contributed by atoms with Crippen LogP contribution in [0, 0.1) is 0 Å². The molecule has 0 aliphatic rings. The molecule has 0 amide bonds. The van der Waals surface area contributed by atoms with Crippen LogP contribution in [0.5, 0.6) is 0 Å². The van der Waals surface area contributed by atoms with Crippen LogP contribution in [0.2, 0.25) is 0 Å². The number of nitrogens with zero attached hydrogens (tertiary/aromatic N) is 1. The van der Waals surface area contributed by atoms with Crippen molar-refractivity contribution in [3.63, 3.8) is 0 Å². The molecule has 6 heteroatoms. The van der Waals surface area contributed by atoms with E-state index in [0.717, 1.165) is 13.0 Å². The average Bonchev–Trinajstić information content (AvgIpc) is 2.59. The monoisotopic (exact) mass is 429 g/mol. The molecule has 0 aliphatic heterocycles. The predicted molar refractivity (Wildman–Crippen MR) is 121 cm³/mol. The standard InChI is InChI=1S/C21H43NO3S.K.H/c1-3-4-5-6-7-8-9-10-11-12-13-14-15-16-17-18-19-22(2)20-21-26(23,24)25;;/h10-11H,3-9,12-21H2,1-2H3,(H,23,24,25);;/b11-10-;;. The van der Waals surface area contributed by atoms with Gasteiger partial charge in [0.15, 0.2) is 0 Å². The Morgan fingerprint density at radius 2 is 1.19 bits per heavy atom. The van der Waals surface area contributed by atoms with Gasteiger partial charge in [-0.25, -0.2) is 0 Å². The first-order valence-corrected chi connectivity index (χ1v) is 12.4. The van der Waals surface area contributed by atoms with E-state index < -0.39 is 10.1 Å². The van der Waals surface area contributed by atoms with Gasteiger partial charge in [-0.2, -0.15) is 8.42 Å². The van der Waals surface area contributed by atoms with Crippen LogP contribution in [0.4, 0.5) is 0 Å². The van der Waals surface area contributed by atoms with Crippen molar-refractivity contribution in [2.45, 2.75) is 96.8 Å². The summed E-state index contributed by atoms with van der Waals surface area (Å²) in [4.78, 5) is 1.97. The van der Waals surface area contributed by atoms with E-state index >= 15 is 0 Å². The van der Waals surface area contributed by atoms with Crippen LogP contribution in [0.25, 0.3) is 0 Å². The van der Waals surface area contributed by atoms with Crippen LogP contribution in [-0.2, 0) is 10.1 Å². The molecule has 158 valence electrons. The van der Waals surface area contributed by atoms with E-state index in [4.69, 9.17) is 4.55 Å². The summed E-state index contributed by atoms with van der Waals surface area (Å²) in [6.07, 6.45) is 22.9. The van der Waals surface area contributed by atoms with E-state index in [-0.39, 0.29) is 57.1 Å². The van der Waals surface area contributed by atoms with Gasteiger partial charge in [-0.05, 0) is 45.7 Å². The minimum absolute atomic E-state index is 0. The molecule has 4 nitrogen and oxygen atoms in total. The average molecular weight is 430 g/mol. The zero-order valence-electron chi connectivity index (χ0n) is 17.3. The van der Waals surface area contributed by atoms with Gasteiger partial charge in [0.2, 0.25) is 0 Å².